The number of hydrogen-bond donors (Lipinski definition) is 0. The minimum Gasteiger partial charge on any atom is -0.313 e. The molecule has 3 heterocycles. The first-order valence-corrected chi connectivity index (χ1v) is 6.34. The largest absolute Gasteiger partial charge is 0.313 e. The van der Waals surface area contributed by atoms with Crippen molar-refractivity contribution >= 4 is 0 Å². The van der Waals surface area contributed by atoms with Crippen LogP contribution in [-0.2, 0) is 19.5 Å². The molecule has 5 heteroatoms. The van der Waals surface area contributed by atoms with Gasteiger partial charge >= 0.3 is 0 Å². The molecule has 5 nitrogen and oxygen atoms in total. The van der Waals surface area contributed by atoms with Crippen LogP contribution in [0.5, 0.6) is 0 Å². The Labute approximate surface area is 106 Å². The Balaban J connectivity index is 1.60. The lowest BCUT2D eigenvalue weighted by Crippen LogP contribution is -2.35. The summed E-state index contributed by atoms with van der Waals surface area (Å²) >= 11 is 0. The lowest BCUT2D eigenvalue weighted by Gasteiger charge is -2.27. The van der Waals surface area contributed by atoms with E-state index in [9.17, 15) is 0 Å². The van der Waals surface area contributed by atoms with Crippen molar-refractivity contribution in [2.75, 3.05) is 13.1 Å². The van der Waals surface area contributed by atoms with Gasteiger partial charge in [-0.05, 0) is 19.1 Å². The van der Waals surface area contributed by atoms with Crippen LogP contribution in [0.3, 0.4) is 0 Å². The highest BCUT2D eigenvalue weighted by molar-refractivity contribution is 5.04. The number of fused-ring (bicyclic) bond motifs is 1. The predicted molar refractivity (Wildman–Crippen MR) is 68.0 cm³/mol. The molecule has 0 saturated carbocycles. The summed E-state index contributed by atoms with van der Waals surface area (Å²) in [6.07, 6.45) is 2.85. The van der Waals surface area contributed by atoms with Crippen molar-refractivity contribution in [3.63, 3.8) is 0 Å². The second kappa shape index (κ2) is 4.86. The SMILES string of the molecule is Cc1nnc2n1CCN(CCc1ccccn1)C2. The Bertz CT molecular complexity index is 519. The second-order valence-electron chi connectivity index (χ2n) is 4.66. The highest BCUT2D eigenvalue weighted by atomic mass is 15.3. The molecule has 0 aliphatic carbocycles. The van der Waals surface area contributed by atoms with E-state index in [1.807, 2.05) is 25.3 Å². The van der Waals surface area contributed by atoms with Gasteiger partial charge < -0.3 is 4.57 Å². The van der Waals surface area contributed by atoms with Crippen LogP contribution >= 0.6 is 0 Å². The van der Waals surface area contributed by atoms with E-state index in [0.717, 1.165) is 49.9 Å². The van der Waals surface area contributed by atoms with E-state index in [1.54, 1.807) is 0 Å². The molecule has 2 aromatic rings. The standard InChI is InChI=1S/C13H17N5/c1-11-15-16-13-10-17(8-9-18(11)13)7-5-12-4-2-3-6-14-12/h2-4,6H,5,7-10H2,1H3. The molecule has 1 aliphatic rings. The molecule has 3 rings (SSSR count). The van der Waals surface area contributed by atoms with Gasteiger partial charge in [0.25, 0.3) is 0 Å². The molecular formula is C13H17N5. The number of rotatable bonds is 3. The highest BCUT2D eigenvalue weighted by Crippen LogP contribution is 2.12. The van der Waals surface area contributed by atoms with Crippen LogP contribution in [0.15, 0.2) is 24.4 Å². The van der Waals surface area contributed by atoms with Gasteiger partial charge in [0.05, 0.1) is 6.54 Å². The number of pyridine rings is 1. The van der Waals surface area contributed by atoms with Gasteiger partial charge in [0.1, 0.15) is 11.6 Å². The zero-order valence-corrected chi connectivity index (χ0v) is 10.6. The Morgan fingerprint density at radius 3 is 3.00 bits per heavy atom. The van der Waals surface area contributed by atoms with Crippen molar-refractivity contribution in [2.24, 2.45) is 0 Å². The topological polar surface area (TPSA) is 46.8 Å². The molecule has 0 fully saturated rings. The average Bonchev–Trinajstić information content (AvgIpc) is 2.79. The lowest BCUT2D eigenvalue weighted by molar-refractivity contribution is 0.218. The summed E-state index contributed by atoms with van der Waals surface area (Å²) in [5.41, 5.74) is 1.15. The summed E-state index contributed by atoms with van der Waals surface area (Å²) in [4.78, 5) is 6.77. The fraction of sp³-hybridized carbons (Fsp3) is 0.462. The molecule has 0 amide bonds. The molecule has 0 atom stereocenters. The maximum atomic E-state index is 4.35. The van der Waals surface area contributed by atoms with E-state index in [2.05, 4.69) is 30.7 Å². The van der Waals surface area contributed by atoms with Gasteiger partial charge in [-0.2, -0.15) is 0 Å². The maximum Gasteiger partial charge on any atom is 0.147 e. The molecule has 1 aliphatic heterocycles. The first kappa shape index (κ1) is 11.3. The van der Waals surface area contributed by atoms with Crippen LogP contribution in [0.25, 0.3) is 0 Å². The summed E-state index contributed by atoms with van der Waals surface area (Å²) in [5, 5.41) is 8.34. The Morgan fingerprint density at radius 2 is 2.17 bits per heavy atom. The third-order valence-electron chi connectivity index (χ3n) is 3.43. The number of aryl methyl sites for hydroxylation is 1. The Morgan fingerprint density at radius 1 is 1.22 bits per heavy atom. The molecular weight excluding hydrogens is 226 g/mol. The quantitative estimate of drug-likeness (QED) is 0.808. The van der Waals surface area contributed by atoms with Crippen molar-refractivity contribution in [3.8, 4) is 0 Å². The molecule has 2 aromatic heterocycles. The summed E-state index contributed by atoms with van der Waals surface area (Å²) in [5.74, 6) is 2.11. The molecule has 0 N–H and O–H groups in total. The maximum absolute atomic E-state index is 4.35. The monoisotopic (exact) mass is 243 g/mol. The van der Waals surface area contributed by atoms with Crippen LogP contribution in [0.4, 0.5) is 0 Å². The summed E-state index contributed by atoms with van der Waals surface area (Å²) in [7, 11) is 0. The first-order chi connectivity index (χ1) is 8.83. The predicted octanol–water partition coefficient (Wildman–Crippen LogP) is 1.04. The van der Waals surface area contributed by atoms with Crippen LogP contribution < -0.4 is 0 Å². The normalized spacial score (nSPS) is 15.6. The van der Waals surface area contributed by atoms with Crippen molar-refractivity contribution in [1.29, 1.82) is 0 Å². The highest BCUT2D eigenvalue weighted by Gasteiger charge is 2.18. The van der Waals surface area contributed by atoms with E-state index >= 15 is 0 Å². The third-order valence-corrected chi connectivity index (χ3v) is 3.43. The molecule has 0 saturated heterocycles. The van der Waals surface area contributed by atoms with Crippen molar-refractivity contribution in [1.82, 2.24) is 24.6 Å². The number of aromatic nitrogens is 4. The van der Waals surface area contributed by atoms with Crippen molar-refractivity contribution in [2.45, 2.75) is 26.4 Å². The van der Waals surface area contributed by atoms with Crippen LogP contribution in [0.2, 0.25) is 0 Å². The van der Waals surface area contributed by atoms with Gasteiger partial charge in [0, 0.05) is 37.9 Å². The smallest absolute Gasteiger partial charge is 0.147 e. The summed E-state index contributed by atoms with van der Waals surface area (Å²) in [6.45, 7) is 6.01. The fourth-order valence-corrected chi connectivity index (χ4v) is 2.36. The summed E-state index contributed by atoms with van der Waals surface area (Å²) < 4.78 is 2.21. The van der Waals surface area contributed by atoms with Gasteiger partial charge in [-0.15, -0.1) is 10.2 Å². The molecule has 0 aromatic carbocycles. The fourth-order valence-electron chi connectivity index (χ4n) is 2.36. The molecule has 0 radical (unpaired) electrons. The minimum absolute atomic E-state index is 0.897. The van der Waals surface area contributed by atoms with Gasteiger partial charge in [-0.3, -0.25) is 9.88 Å². The van der Waals surface area contributed by atoms with Gasteiger partial charge in [0.15, 0.2) is 0 Å². The van der Waals surface area contributed by atoms with E-state index < -0.39 is 0 Å². The van der Waals surface area contributed by atoms with Gasteiger partial charge in [0.2, 0.25) is 0 Å². The molecule has 18 heavy (non-hydrogen) atoms. The molecule has 0 unspecified atom stereocenters. The van der Waals surface area contributed by atoms with E-state index in [-0.39, 0.29) is 0 Å². The van der Waals surface area contributed by atoms with Gasteiger partial charge in [-0.25, -0.2) is 0 Å². The molecule has 0 bridgehead atoms. The van der Waals surface area contributed by atoms with Crippen LogP contribution in [0.1, 0.15) is 17.3 Å². The van der Waals surface area contributed by atoms with E-state index in [0.29, 0.717) is 0 Å². The minimum atomic E-state index is 0.897. The second-order valence-corrected chi connectivity index (χ2v) is 4.66. The van der Waals surface area contributed by atoms with Crippen molar-refractivity contribution in [3.05, 3.63) is 41.7 Å². The van der Waals surface area contributed by atoms with E-state index in [1.165, 1.54) is 0 Å². The number of hydrogen-bond acceptors (Lipinski definition) is 4. The van der Waals surface area contributed by atoms with Gasteiger partial charge in [-0.1, -0.05) is 6.07 Å². The summed E-state index contributed by atoms with van der Waals surface area (Å²) in [6, 6.07) is 6.07. The molecule has 0 spiro atoms. The van der Waals surface area contributed by atoms with Crippen molar-refractivity contribution < 1.29 is 0 Å². The zero-order valence-electron chi connectivity index (χ0n) is 10.6. The third kappa shape index (κ3) is 2.26. The Kier molecular flexibility index (Phi) is 3.06. The van der Waals surface area contributed by atoms with E-state index in [4.69, 9.17) is 0 Å². The van der Waals surface area contributed by atoms with Crippen LogP contribution in [0, 0.1) is 6.92 Å². The average molecular weight is 243 g/mol. The van der Waals surface area contributed by atoms with Crippen LogP contribution in [-0.4, -0.2) is 37.7 Å². The lowest BCUT2D eigenvalue weighted by atomic mass is 10.2. The first-order valence-electron chi connectivity index (χ1n) is 6.34. The number of nitrogens with zero attached hydrogens (tertiary/aromatic N) is 5. The zero-order chi connectivity index (χ0) is 12.4. The Hall–Kier alpha value is -1.75. The molecule has 94 valence electrons.